The Labute approximate surface area is 147 Å². The molecule has 0 saturated heterocycles. The first-order valence-corrected chi connectivity index (χ1v) is 8.41. The van der Waals surface area contributed by atoms with E-state index in [4.69, 9.17) is 9.47 Å². The second-order valence-corrected chi connectivity index (χ2v) is 6.64. The number of halogens is 1. The van der Waals surface area contributed by atoms with Crippen molar-refractivity contribution in [1.29, 1.82) is 0 Å². The van der Waals surface area contributed by atoms with Crippen LogP contribution in [0.4, 0.5) is 4.39 Å². The van der Waals surface area contributed by atoms with Crippen molar-refractivity contribution in [1.82, 2.24) is 0 Å². The topological polar surface area (TPSA) is 38.7 Å². The monoisotopic (exact) mass is 342 g/mol. The second-order valence-electron chi connectivity index (χ2n) is 6.64. The summed E-state index contributed by atoms with van der Waals surface area (Å²) >= 11 is 0. The van der Waals surface area contributed by atoms with Crippen LogP contribution in [0.25, 0.3) is 0 Å². The Morgan fingerprint density at radius 1 is 1.32 bits per heavy atom. The van der Waals surface area contributed by atoms with E-state index in [-0.39, 0.29) is 18.3 Å². The summed E-state index contributed by atoms with van der Waals surface area (Å²) in [5.41, 5.74) is 1.56. The molecule has 2 aromatic rings. The van der Waals surface area contributed by atoms with Crippen molar-refractivity contribution < 1.29 is 19.0 Å². The molecule has 1 N–H and O–H groups in total. The van der Waals surface area contributed by atoms with Gasteiger partial charge in [0.15, 0.2) is 0 Å². The number of fused-ring (bicyclic) bond motifs is 1. The fraction of sp³-hybridized carbons (Fsp3) is 0.333. The summed E-state index contributed by atoms with van der Waals surface area (Å²) in [5, 5.41) is 11.2. The van der Waals surface area contributed by atoms with Crippen LogP contribution in [-0.2, 0) is 11.3 Å². The molecular formula is C21H23FO3. The van der Waals surface area contributed by atoms with Crippen molar-refractivity contribution in [3.63, 3.8) is 0 Å². The maximum Gasteiger partial charge on any atom is 0.126 e. The van der Waals surface area contributed by atoms with Crippen LogP contribution in [0.15, 0.2) is 60.7 Å². The molecular weight excluding hydrogens is 319 g/mol. The largest absolute Gasteiger partial charge is 0.490 e. The Kier molecular flexibility index (Phi) is 5.21. The number of rotatable bonds is 6. The van der Waals surface area contributed by atoms with Gasteiger partial charge in [0.1, 0.15) is 23.8 Å². The third-order valence-electron chi connectivity index (χ3n) is 4.59. The summed E-state index contributed by atoms with van der Waals surface area (Å²) < 4.78 is 24.8. The molecule has 25 heavy (non-hydrogen) atoms. The van der Waals surface area contributed by atoms with E-state index in [9.17, 15) is 9.50 Å². The van der Waals surface area contributed by atoms with Gasteiger partial charge in [-0.05, 0) is 18.6 Å². The lowest BCUT2D eigenvalue weighted by Crippen LogP contribution is -2.46. The molecule has 3 nitrogen and oxygen atoms in total. The maximum atomic E-state index is 13.4. The van der Waals surface area contributed by atoms with E-state index in [0.29, 0.717) is 25.4 Å². The molecule has 0 saturated carbocycles. The predicted molar refractivity (Wildman–Crippen MR) is 95.1 cm³/mol. The van der Waals surface area contributed by atoms with Gasteiger partial charge in [0.25, 0.3) is 0 Å². The van der Waals surface area contributed by atoms with Gasteiger partial charge in [-0.25, -0.2) is 4.39 Å². The van der Waals surface area contributed by atoms with Crippen molar-refractivity contribution in [3.05, 3.63) is 77.6 Å². The van der Waals surface area contributed by atoms with E-state index in [0.717, 1.165) is 16.7 Å². The molecule has 1 aliphatic heterocycles. The van der Waals surface area contributed by atoms with Crippen LogP contribution in [0.1, 0.15) is 30.4 Å². The molecule has 0 fully saturated rings. The highest BCUT2D eigenvalue weighted by molar-refractivity contribution is 5.45. The Morgan fingerprint density at radius 2 is 2.08 bits per heavy atom. The number of aliphatic hydroxyl groups is 1. The van der Waals surface area contributed by atoms with Gasteiger partial charge >= 0.3 is 0 Å². The SMILES string of the molecule is C=C(C)C1c2ccc(F)cc2OCC1(O)CCOCc1ccccc1. The number of ether oxygens (including phenoxy) is 2. The first kappa shape index (κ1) is 17.6. The second kappa shape index (κ2) is 7.38. The molecule has 0 bridgehead atoms. The summed E-state index contributed by atoms with van der Waals surface area (Å²) in [7, 11) is 0. The minimum absolute atomic E-state index is 0.0929. The number of hydrogen-bond acceptors (Lipinski definition) is 3. The lowest BCUT2D eigenvalue weighted by molar-refractivity contribution is -0.0578. The van der Waals surface area contributed by atoms with E-state index in [1.807, 2.05) is 37.3 Å². The van der Waals surface area contributed by atoms with Gasteiger partial charge in [-0.15, -0.1) is 0 Å². The van der Waals surface area contributed by atoms with Crippen LogP contribution >= 0.6 is 0 Å². The van der Waals surface area contributed by atoms with Gasteiger partial charge in [-0.2, -0.15) is 0 Å². The molecule has 1 aliphatic rings. The van der Waals surface area contributed by atoms with Crippen molar-refractivity contribution in [2.45, 2.75) is 31.5 Å². The van der Waals surface area contributed by atoms with Gasteiger partial charge < -0.3 is 14.6 Å². The van der Waals surface area contributed by atoms with Crippen molar-refractivity contribution in [3.8, 4) is 5.75 Å². The Morgan fingerprint density at radius 3 is 2.80 bits per heavy atom. The number of hydrogen-bond donors (Lipinski definition) is 1. The highest BCUT2D eigenvalue weighted by Gasteiger charge is 2.43. The van der Waals surface area contributed by atoms with Crippen molar-refractivity contribution in [2.24, 2.45) is 0 Å². The zero-order valence-electron chi connectivity index (χ0n) is 14.4. The lowest BCUT2D eigenvalue weighted by atomic mass is 9.75. The minimum atomic E-state index is -1.12. The van der Waals surface area contributed by atoms with E-state index in [1.165, 1.54) is 12.1 Å². The molecule has 4 heteroatoms. The van der Waals surface area contributed by atoms with Crippen LogP contribution in [0.3, 0.4) is 0 Å². The summed E-state index contributed by atoms with van der Waals surface area (Å²) in [6.07, 6.45) is 0.411. The van der Waals surface area contributed by atoms with Gasteiger partial charge in [0.2, 0.25) is 0 Å². The molecule has 0 aliphatic carbocycles. The Balaban J connectivity index is 1.69. The molecule has 2 aromatic carbocycles. The highest BCUT2D eigenvalue weighted by Crippen LogP contribution is 2.44. The highest BCUT2D eigenvalue weighted by atomic mass is 19.1. The lowest BCUT2D eigenvalue weighted by Gasteiger charge is -2.41. The summed E-state index contributed by atoms with van der Waals surface area (Å²) in [6.45, 7) is 6.88. The minimum Gasteiger partial charge on any atom is -0.490 e. The fourth-order valence-corrected chi connectivity index (χ4v) is 3.40. The van der Waals surface area contributed by atoms with Crippen molar-refractivity contribution >= 4 is 0 Å². The van der Waals surface area contributed by atoms with Crippen molar-refractivity contribution in [2.75, 3.05) is 13.2 Å². The molecule has 0 aromatic heterocycles. The zero-order chi connectivity index (χ0) is 17.9. The summed E-state index contributed by atoms with van der Waals surface area (Å²) in [5.74, 6) is -0.184. The van der Waals surface area contributed by atoms with Crippen LogP contribution in [0.5, 0.6) is 5.75 Å². The standard InChI is InChI=1S/C21H23FO3/c1-15(2)20-18-9-8-17(22)12-19(18)25-14-21(20,23)10-11-24-13-16-6-4-3-5-7-16/h3-9,12,20,23H,1,10-11,13-14H2,2H3. The van der Waals surface area contributed by atoms with E-state index < -0.39 is 5.60 Å². The van der Waals surface area contributed by atoms with Gasteiger partial charge in [-0.3, -0.25) is 0 Å². The maximum absolute atomic E-state index is 13.4. The smallest absolute Gasteiger partial charge is 0.126 e. The van der Waals surface area contributed by atoms with Gasteiger partial charge in [0.05, 0.1) is 6.61 Å². The Hall–Kier alpha value is -2.17. The summed E-state index contributed by atoms with van der Waals surface area (Å²) in [6, 6.07) is 14.3. The molecule has 2 unspecified atom stereocenters. The quantitative estimate of drug-likeness (QED) is 0.631. The molecule has 1 heterocycles. The molecule has 132 valence electrons. The Bertz CT molecular complexity index is 744. The molecule has 2 atom stereocenters. The molecule has 0 radical (unpaired) electrons. The predicted octanol–water partition coefficient (Wildman–Crippen LogP) is 4.22. The fourth-order valence-electron chi connectivity index (χ4n) is 3.40. The molecule has 0 spiro atoms. The molecule has 0 amide bonds. The average molecular weight is 342 g/mol. The summed E-state index contributed by atoms with van der Waals surface area (Å²) in [4.78, 5) is 0. The first-order chi connectivity index (χ1) is 12.0. The average Bonchev–Trinajstić information content (AvgIpc) is 2.59. The van der Waals surface area contributed by atoms with Crippen LogP contribution < -0.4 is 4.74 Å². The number of benzene rings is 2. The van der Waals surface area contributed by atoms with E-state index >= 15 is 0 Å². The van der Waals surface area contributed by atoms with E-state index in [1.54, 1.807) is 6.07 Å². The van der Waals surface area contributed by atoms with Crippen LogP contribution in [0, 0.1) is 5.82 Å². The van der Waals surface area contributed by atoms with Gasteiger partial charge in [-0.1, -0.05) is 48.6 Å². The van der Waals surface area contributed by atoms with Gasteiger partial charge in [0, 0.05) is 30.6 Å². The normalized spacial score (nSPS) is 22.1. The third-order valence-corrected chi connectivity index (χ3v) is 4.59. The van der Waals surface area contributed by atoms with Crippen LogP contribution in [-0.4, -0.2) is 23.9 Å². The first-order valence-electron chi connectivity index (χ1n) is 8.41. The van der Waals surface area contributed by atoms with Crippen LogP contribution in [0.2, 0.25) is 0 Å². The van der Waals surface area contributed by atoms with E-state index in [2.05, 4.69) is 6.58 Å². The zero-order valence-corrected chi connectivity index (χ0v) is 14.4. The molecule has 3 rings (SSSR count). The third kappa shape index (κ3) is 3.91.